The Bertz CT molecular complexity index is 673. The van der Waals surface area contributed by atoms with Crippen LogP contribution in [-0.4, -0.2) is 47.8 Å². The lowest BCUT2D eigenvalue weighted by Crippen LogP contribution is -2.48. The van der Waals surface area contributed by atoms with Crippen molar-refractivity contribution in [2.45, 2.75) is 19.8 Å². The summed E-state index contributed by atoms with van der Waals surface area (Å²) in [6.45, 7) is 4.98. The number of carbonyl (C=O) groups is 2. The summed E-state index contributed by atoms with van der Waals surface area (Å²) >= 11 is 3.12. The van der Waals surface area contributed by atoms with Crippen molar-refractivity contribution in [3.63, 3.8) is 0 Å². The number of piperazine rings is 1. The monoisotopic (exact) mass is 349 g/mol. The summed E-state index contributed by atoms with van der Waals surface area (Å²) in [4.78, 5) is 34.6. The molecule has 0 spiro atoms. The Kier molecular flexibility index (Phi) is 5.07. The Morgan fingerprint density at radius 1 is 1.17 bits per heavy atom. The van der Waals surface area contributed by atoms with Crippen molar-refractivity contribution in [3.8, 4) is 0 Å². The molecule has 1 saturated heterocycles. The summed E-state index contributed by atoms with van der Waals surface area (Å²) in [5.41, 5.74) is 0. The van der Waals surface area contributed by atoms with Crippen molar-refractivity contribution >= 4 is 39.5 Å². The van der Waals surface area contributed by atoms with Gasteiger partial charge in [0.05, 0.1) is 4.88 Å². The van der Waals surface area contributed by atoms with Gasteiger partial charge in [0, 0.05) is 55.5 Å². The maximum Gasteiger partial charge on any atom is 0.223 e. The molecule has 0 bridgehead atoms. The van der Waals surface area contributed by atoms with Gasteiger partial charge in [-0.15, -0.1) is 22.7 Å². The highest BCUT2D eigenvalue weighted by Gasteiger charge is 2.22. The first kappa shape index (κ1) is 16.1. The van der Waals surface area contributed by atoms with Crippen LogP contribution in [0.1, 0.15) is 27.4 Å². The number of amides is 1. The minimum Gasteiger partial charge on any atom is -0.345 e. The van der Waals surface area contributed by atoms with Gasteiger partial charge in [-0.05, 0) is 19.1 Å². The molecule has 0 N–H and O–H groups in total. The highest BCUT2D eigenvalue weighted by atomic mass is 32.1. The average molecular weight is 349 g/mol. The maximum absolute atomic E-state index is 12.3. The summed E-state index contributed by atoms with van der Waals surface area (Å²) in [5, 5.41) is 2.98. The van der Waals surface area contributed by atoms with Crippen molar-refractivity contribution < 1.29 is 9.59 Å². The number of thiazole rings is 1. The predicted molar refractivity (Wildman–Crippen MR) is 93.5 cm³/mol. The van der Waals surface area contributed by atoms with Gasteiger partial charge in [-0.25, -0.2) is 4.98 Å². The van der Waals surface area contributed by atoms with Gasteiger partial charge in [0.2, 0.25) is 5.91 Å². The second-order valence-corrected chi connectivity index (χ2v) is 7.68. The fourth-order valence-electron chi connectivity index (χ4n) is 2.61. The quantitative estimate of drug-likeness (QED) is 0.779. The third-order valence-corrected chi connectivity index (χ3v) is 5.78. The molecular formula is C16H19N3O2S2. The first-order chi connectivity index (χ1) is 11.1. The minimum atomic E-state index is 0.0675. The standard InChI is InChI=1S/C16H19N3O2S2/c1-12-2-4-14(23-12)13(20)3-5-15(21)18-7-9-19(10-8-18)16-17-6-11-22-16/h2,4,6,11H,3,5,7-10H2,1H3. The van der Waals surface area contributed by atoms with Crippen LogP contribution in [0.15, 0.2) is 23.7 Å². The van der Waals surface area contributed by atoms with Crippen LogP contribution in [0.25, 0.3) is 0 Å². The molecule has 122 valence electrons. The van der Waals surface area contributed by atoms with Crippen molar-refractivity contribution in [1.82, 2.24) is 9.88 Å². The van der Waals surface area contributed by atoms with Gasteiger partial charge in [0.1, 0.15) is 0 Å². The topological polar surface area (TPSA) is 53.5 Å². The number of hydrogen-bond acceptors (Lipinski definition) is 6. The molecule has 0 saturated carbocycles. The van der Waals surface area contributed by atoms with Crippen LogP contribution < -0.4 is 4.90 Å². The lowest BCUT2D eigenvalue weighted by molar-refractivity contribution is -0.131. The van der Waals surface area contributed by atoms with E-state index >= 15 is 0 Å². The zero-order chi connectivity index (χ0) is 16.2. The van der Waals surface area contributed by atoms with Crippen LogP contribution in [0.4, 0.5) is 5.13 Å². The summed E-state index contributed by atoms with van der Waals surface area (Å²) in [7, 11) is 0. The largest absolute Gasteiger partial charge is 0.345 e. The highest BCUT2D eigenvalue weighted by molar-refractivity contribution is 7.14. The molecule has 0 atom stereocenters. The molecule has 1 fully saturated rings. The third-order valence-electron chi connectivity index (χ3n) is 3.90. The zero-order valence-electron chi connectivity index (χ0n) is 13.0. The second-order valence-electron chi connectivity index (χ2n) is 5.52. The minimum absolute atomic E-state index is 0.0675. The van der Waals surface area contributed by atoms with Gasteiger partial charge in [-0.2, -0.15) is 0 Å². The number of thiophene rings is 1. The number of hydrogen-bond donors (Lipinski definition) is 0. The molecular weight excluding hydrogens is 330 g/mol. The fourth-order valence-corrected chi connectivity index (χ4v) is 4.14. The second kappa shape index (κ2) is 7.23. The maximum atomic E-state index is 12.3. The van der Waals surface area contributed by atoms with Gasteiger partial charge in [-0.1, -0.05) is 0 Å². The van der Waals surface area contributed by atoms with Crippen molar-refractivity contribution in [2.75, 3.05) is 31.1 Å². The molecule has 5 nitrogen and oxygen atoms in total. The smallest absolute Gasteiger partial charge is 0.223 e. The van der Waals surface area contributed by atoms with E-state index in [1.807, 2.05) is 29.3 Å². The van der Waals surface area contributed by atoms with Crippen LogP contribution in [-0.2, 0) is 4.79 Å². The molecule has 1 aliphatic rings. The Morgan fingerprint density at radius 2 is 1.96 bits per heavy atom. The molecule has 2 aromatic rings. The number of rotatable bonds is 5. The molecule has 0 radical (unpaired) electrons. The van der Waals surface area contributed by atoms with E-state index in [0.717, 1.165) is 28.0 Å². The van der Waals surface area contributed by atoms with E-state index in [1.165, 1.54) is 11.3 Å². The normalized spacial score (nSPS) is 15.0. The van der Waals surface area contributed by atoms with Crippen molar-refractivity contribution in [2.24, 2.45) is 0 Å². The number of nitrogens with zero attached hydrogens (tertiary/aromatic N) is 3. The number of ketones is 1. The summed E-state index contributed by atoms with van der Waals surface area (Å²) < 4.78 is 0. The van der Waals surface area contributed by atoms with E-state index < -0.39 is 0 Å². The van der Waals surface area contributed by atoms with E-state index in [1.54, 1.807) is 17.5 Å². The Balaban J connectivity index is 1.45. The molecule has 0 aliphatic carbocycles. The summed E-state index contributed by atoms with van der Waals surface area (Å²) in [6, 6.07) is 3.79. The lowest BCUT2D eigenvalue weighted by atomic mass is 10.1. The average Bonchev–Trinajstić information content (AvgIpc) is 3.24. The molecule has 23 heavy (non-hydrogen) atoms. The molecule has 3 rings (SSSR count). The van der Waals surface area contributed by atoms with Crippen LogP contribution in [0.3, 0.4) is 0 Å². The van der Waals surface area contributed by atoms with E-state index in [0.29, 0.717) is 25.9 Å². The molecule has 1 aliphatic heterocycles. The van der Waals surface area contributed by atoms with Gasteiger partial charge < -0.3 is 9.80 Å². The number of Topliss-reactive ketones (excluding diaryl/α,β-unsaturated/α-hetero) is 1. The molecule has 2 aromatic heterocycles. The van der Waals surface area contributed by atoms with Gasteiger partial charge in [0.15, 0.2) is 10.9 Å². The van der Waals surface area contributed by atoms with E-state index in [9.17, 15) is 9.59 Å². The summed E-state index contributed by atoms with van der Waals surface area (Å²) in [5.74, 6) is 0.142. The van der Waals surface area contributed by atoms with E-state index in [-0.39, 0.29) is 11.7 Å². The lowest BCUT2D eigenvalue weighted by Gasteiger charge is -2.34. The van der Waals surface area contributed by atoms with Crippen LogP contribution in [0.5, 0.6) is 0 Å². The highest BCUT2D eigenvalue weighted by Crippen LogP contribution is 2.20. The van der Waals surface area contributed by atoms with Crippen LogP contribution in [0, 0.1) is 6.92 Å². The molecule has 0 unspecified atom stereocenters. The number of aromatic nitrogens is 1. The number of carbonyl (C=O) groups excluding carboxylic acids is 2. The Morgan fingerprint density at radius 3 is 2.57 bits per heavy atom. The predicted octanol–water partition coefficient (Wildman–Crippen LogP) is 2.82. The van der Waals surface area contributed by atoms with Gasteiger partial charge in [0.25, 0.3) is 0 Å². The van der Waals surface area contributed by atoms with Crippen molar-refractivity contribution in [3.05, 3.63) is 33.5 Å². The Labute approximate surface area is 143 Å². The first-order valence-electron chi connectivity index (χ1n) is 7.65. The van der Waals surface area contributed by atoms with Crippen molar-refractivity contribution in [1.29, 1.82) is 0 Å². The molecule has 1 amide bonds. The molecule has 3 heterocycles. The first-order valence-corrected chi connectivity index (χ1v) is 9.35. The van der Waals surface area contributed by atoms with Crippen LogP contribution in [0.2, 0.25) is 0 Å². The number of anilines is 1. The number of aryl methyl sites for hydroxylation is 1. The summed E-state index contributed by atoms with van der Waals surface area (Å²) in [6.07, 6.45) is 2.40. The molecule has 7 heteroatoms. The fraction of sp³-hybridized carbons (Fsp3) is 0.438. The van der Waals surface area contributed by atoms with E-state index in [2.05, 4.69) is 9.88 Å². The SMILES string of the molecule is Cc1ccc(C(=O)CCC(=O)N2CCN(c3nccs3)CC2)s1. The van der Waals surface area contributed by atoms with Gasteiger partial charge in [-0.3, -0.25) is 9.59 Å². The van der Waals surface area contributed by atoms with Crippen LogP contribution >= 0.6 is 22.7 Å². The third kappa shape index (κ3) is 3.97. The van der Waals surface area contributed by atoms with Gasteiger partial charge >= 0.3 is 0 Å². The Hall–Kier alpha value is -1.73. The van der Waals surface area contributed by atoms with E-state index in [4.69, 9.17) is 0 Å². The zero-order valence-corrected chi connectivity index (χ0v) is 14.7. The molecule has 0 aromatic carbocycles.